The average molecular weight is 358 g/mol. The van der Waals surface area contributed by atoms with Crippen molar-refractivity contribution in [1.82, 2.24) is 9.78 Å². The fraction of sp³-hybridized carbons (Fsp3) is 0.421. The van der Waals surface area contributed by atoms with Crippen LogP contribution in [0.2, 0.25) is 0 Å². The lowest BCUT2D eigenvalue weighted by molar-refractivity contribution is -0.0397. The Labute approximate surface area is 151 Å². The lowest BCUT2D eigenvalue weighted by atomic mass is 10.2. The van der Waals surface area contributed by atoms with Crippen molar-refractivity contribution in [2.75, 3.05) is 13.2 Å². The minimum Gasteiger partial charge on any atom is -0.462 e. The van der Waals surface area contributed by atoms with Crippen molar-refractivity contribution in [2.24, 2.45) is 0 Å². The van der Waals surface area contributed by atoms with Gasteiger partial charge in [-0.2, -0.15) is 5.10 Å². The molecule has 2 heterocycles. The van der Waals surface area contributed by atoms with Gasteiger partial charge in [-0.1, -0.05) is 30.3 Å². The second-order valence-electron chi connectivity index (χ2n) is 5.97. The SMILES string of the molecule is CCOC(=O)c1cn([C@H]2CCCCO2)nc1C(=O)OCc1ccccc1. The molecule has 0 radical (unpaired) electrons. The molecule has 7 heteroatoms. The number of carbonyl (C=O) groups is 2. The molecule has 3 rings (SSSR count). The molecule has 1 aliphatic heterocycles. The predicted molar refractivity (Wildman–Crippen MR) is 92.6 cm³/mol. The van der Waals surface area contributed by atoms with Crippen LogP contribution in [0.3, 0.4) is 0 Å². The zero-order valence-corrected chi connectivity index (χ0v) is 14.7. The molecule has 1 aromatic carbocycles. The number of ether oxygens (including phenoxy) is 3. The molecule has 1 fully saturated rings. The number of benzene rings is 1. The highest BCUT2D eigenvalue weighted by Gasteiger charge is 2.27. The zero-order chi connectivity index (χ0) is 18.4. The molecule has 0 aliphatic carbocycles. The summed E-state index contributed by atoms with van der Waals surface area (Å²) in [5, 5.41) is 4.27. The van der Waals surface area contributed by atoms with Crippen molar-refractivity contribution in [2.45, 2.75) is 39.0 Å². The van der Waals surface area contributed by atoms with Gasteiger partial charge in [0.25, 0.3) is 0 Å². The van der Waals surface area contributed by atoms with E-state index in [-0.39, 0.29) is 30.7 Å². The average Bonchev–Trinajstić information content (AvgIpc) is 3.13. The summed E-state index contributed by atoms with van der Waals surface area (Å²) in [5.74, 6) is -1.26. The number of hydrogen-bond acceptors (Lipinski definition) is 6. The Morgan fingerprint density at radius 2 is 2.00 bits per heavy atom. The van der Waals surface area contributed by atoms with Gasteiger partial charge in [-0.15, -0.1) is 0 Å². The van der Waals surface area contributed by atoms with Crippen LogP contribution in [0.15, 0.2) is 36.5 Å². The number of rotatable bonds is 6. The van der Waals surface area contributed by atoms with E-state index in [1.807, 2.05) is 30.3 Å². The van der Waals surface area contributed by atoms with Gasteiger partial charge in [0.2, 0.25) is 0 Å². The number of carbonyl (C=O) groups excluding carboxylic acids is 2. The molecule has 0 N–H and O–H groups in total. The summed E-state index contributed by atoms with van der Waals surface area (Å²) in [6.45, 7) is 2.66. The first kappa shape index (κ1) is 18.1. The van der Waals surface area contributed by atoms with Crippen molar-refractivity contribution in [3.63, 3.8) is 0 Å². The predicted octanol–water partition coefficient (Wildman–Crippen LogP) is 3.12. The Balaban J connectivity index is 1.79. The molecule has 0 amide bonds. The molecule has 138 valence electrons. The minimum absolute atomic E-state index is 0.0476. The molecule has 0 bridgehead atoms. The Hall–Kier alpha value is -2.67. The maximum absolute atomic E-state index is 12.5. The van der Waals surface area contributed by atoms with E-state index >= 15 is 0 Å². The molecular formula is C19H22N2O5. The van der Waals surface area contributed by atoms with Crippen molar-refractivity contribution in [3.8, 4) is 0 Å². The van der Waals surface area contributed by atoms with E-state index in [0.717, 1.165) is 24.8 Å². The van der Waals surface area contributed by atoms with Gasteiger partial charge < -0.3 is 14.2 Å². The summed E-state index contributed by atoms with van der Waals surface area (Å²) in [4.78, 5) is 24.7. The fourth-order valence-electron chi connectivity index (χ4n) is 2.77. The molecule has 7 nitrogen and oxygen atoms in total. The summed E-state index contributed by atoms with van der Waals surface area (Å²) in [7, 11) is 0. The lowest BCUT2D eigenvalue weighted by Crippen LogP contribution is -2.19. The van der Waals surface area contributed by atoms with Crippen LogP contribution in [0.5, 0.6) is 0 Å². The van der Waals surface area contributed by atoms with Crippen LogP contribution < -0.4 is 0 Å². The molecule has 1 aliphatic rings. The highest BCUT2D eigenvalue weighted by molar-refractivity contribution is 6.01. The minimum atomic E-state index is -0.661. The third-order valence-electron chi connectivity index (χ3n) is 4.08. The molecule has 0 saturated carbocycles. The molecule has 2 aromatic rings. The van der Waals surface area contributed by atoms with Crippen LogP contribution in [0, 0.1) is 0 Å². The quantitative estimate of drug-likeness (QED) is 0.738. The van der Waals surface area contributed by atoms with E-state index in [0.29, 0.717) is 6.61 Å². The van der Waals surface area contributed by atoms with Gasteiger partial charge in [-0.25, -0.2) is 14.3 Å². The Morgan fingerprint density at radius 3 is 2.69 bits per heavy atom. The second-order valence-corrected chi connectivity index (χ2v) is 5.97. The topological polar surface area (TPSA) is 79.7 Å². The van der Waals surface area contributed by atoms with E-state index in [1.165, 1.54) is 10.9 Å². The fourth-order valence-corrected chi connectivity index (χ4v) is 2.77. The largest absolute Gasteiger partial charge is 0.462 e. The van der Waals surface area contributed by atoms with Gasteiger partial charge in [0, 0.05) is 12.8 Å². The van der Waals surface area contributed by atoms with E-state index in [4.69, 9.17) is 14.2 Å². The van der Waals surface area contributed by atoms with Gasteiger partial charge in [0.1, 0.15) is 18.4 Å². The highest BCUT2D eigenvalue weighted by Crippen LogP contribution is 2.24. The third kappa shape index (κ3) is 4.29. The van der Waals surface area contributed by atoms with Crippen LogP contribution in [0.1, 0.15) is 58.8 Å². The number of hydrogen-bond donors (Lipinski definition) is 0. The van der Waals surface area contributed by atoms with Crippen molar-refractivity contribution >= 4 is 11.9 Å². The van der Waals surface area contributed by atoms with Gasteiger partial charge in [0.05, 0.1) is 6.61 Å². The molecule has 26 heavy (non-hydrogen) atoms. The van der Waals surface area contributed by atoms with Gasteiger partial charge in [-0.05, 0) is 31.7 Å². The van der Waals surface area contributed by atoms with Crippen LogP contribution in [-0.2, 0) is 20.8 Å². The van der Waals surface area contributed by atoms with E-state index < -0.39 is 11.9 Å². The monoisotopic (exact) mass is 358 g/mol. The van der Waals surface area contributed by atoms with Gasteiger partial charge in [0.15, 0.2) is 5.69 Å². The molecule has 1 aromatic heterocycles. The Bertz CT molecular complexity index is 751. The van der Waals surface area contributed by atoms with Crippen LogP contribution in [0.25, 0.3) is 0 Å². The van der Waals surface area contributed by atoms with E-state index in [2.05, 4.69) is 5.10 Å². The standard InChI is InChI=1S/C19H22N2O5/c1-2-24-18(22)15-12-21(16-10-6-7-11-25-16)20-17(15)19(23)26-13-14-8-4-3-5-9-14/h3-5,8-9,12,16H,2,6-7,10-11,13H2,1H3/t16-/m1/s1. The smallest absolute Gasteiger partial charge is 0.360 e. The summed E-state index contributed by atoms with van der Waals surface area (Å²) in [6.07, 6.45) is 4.00. The summed E-state index contributed by atoms with van der Waals surface area (Å²) >= 11 is 0. The maximum atomic E-state index is 12.5. The molecular weight excluding hydrogens is 336 g/mol. The number of nitrogens with zero attached hydrogens (tertiary/aromatic N) is 2. The van der Waals surface area contributed by atoms with Crippen molar-refractivity contribution < 1.29 is 23.8 Å². The second kappa shape index (κ2) is 8.62. The molecule has 0 unspecified atom stereocenters. The van der Waals surface area contributed by atoms with Crippen LogP contribution in [-0.4, -0.2) is 34.9 Å². The Morgan fingerprint density at radius 1 is 1.19 bits per heavy atom. The van der Waals surface area contributed by atoms with Crippen molar-refractivity contribution in [1.29, 1.82) is 0 Å². The maximum Gasteiger partial charge on any atom is 0.360 e. The zero-order valence-electron chi connectivity index (χ0n) is 14.7. The molecule has 1 atom stereocenters. The van der Waals surface area contributed by atoms with E-state index in [1.54, 1.807) is 6.92 Å². The van der Waals surface area contributed by atoms with Gasteiger partial charge >= 0.3 is 11.9 Å². The molecule has 0 spiro atoms. The van der Waals surface area contributed by atoms with Crippen LogP contribution >= 0.6 is 0 Å². The third-order valence-corrected chi connectivity index (χ3v) is 4.08. The highest BCUT2D eigenvalue weighted by atomic mass is 16.5. The summed E-state index contributed by atoms with van der Waals surface area (Å²) < 4.78 is 17.6. The Kier molecular flexibility index (Phi) is 6.01. The summed E-state index contributed by atoms with van der Waals surface area (Å²) in [6, 6.07) is 9.32. The van der Waals surface area contributed by atoms with E-state index in [9.17, 15) is 9.59 Å². The number of aromatic nitrogens is 2. The number of esters is 2. The van der Waals surface area contributed by atoms with Gasteiger partial charge in [-0.3, -0.25) is 0 Å². The molecule has 1 saturated heterocycles. The first-order valence-electron chi connectivity index (χ1n) is 8.78. The normalized spacial score (nSPS) is 16.9. The first-order chi connectivity index (χ1) is 12.7. The van der Waals surface area contributed by atoms with Crippen molar-refractivity contribution in [3.05, 3.63) is 53.3 Å². The summed E-state index contributed by atoms with van der Waals surface area (Å²) in [5.41, 5.74) is 0.904. The van der Waals surface area contributed by atoms with Crippen LogP contribution in [0.4, 0.5) is 0 Å². The first-order valence-corrected chi connectivity index (χ1v) is 8.78. The lowest BCUT2D eigenvalue weighted by Gasteiger charge is -2.22.